The van der Waals surface area contributed by atoms with E-state index in [0.29, 0.717) is 23.4 Å². The second-order valence-electron chi connectivity index (χ2n) is 9.19. The summed E-state index contributed by atoms with van der Waals surface area (Å²) in [5.74, 6) is 1.67. The predicted octanol–water partition coefficient (Wildman–Crippen LogP) is 2.67. The smallest absolute Gasteiger partial charge is 0.268 e. The molecular weight excluding hydrogens is 316 g/mol. The SMILES string of the molecule is CC1(C)C(=O)N([C@H]2C3CC4CC2C[C@@](O)(C4)C3)N1c1ccccc1O. The van der Waals surface area contributed by atoms with Crippen molar-refractivity contribution in [2.24, 2.45) is 17.8 Å². The van der Waals surface area contributed by atoms with Crippen LogP contribution >= 0.6 is 0 Å². The topological polar surface area (TPSA) is 64.0 Å². The Morgan fingerprint density at radius 3 is 2.32 bits per heavy atom. The number of rotatable bonds is 2. The number of carbonyl (C=O) groups is 1. The number of anilines is 1. The van der Waals surface area contributed by atoms with E-state index >= 15 is 0 Å². The van der Waals surface area contributed by atoms with Crippen LogP contribution in [0.1, 0.15) is 46.0 Å². The number of hydrogen-bond acceptors (Lipinski definition) is 4. The quantitative estimate of drug-likeness (QED) is 0.867. The van der Waals surface area contributed by atoms with E-state index in [4.69, 9.17) is 0 Å². The number of amides is 1. The van der Waals surface area contributed by atoms with Gasteiger partial charge in [0.1, 0.15) is 17.0 Å². The van der Waals surface area contributed by atoms with E-state index in [1.807, 2.05) is 36.0 Å². The number of carbonyl (C=O) groups excluding carboxylic acids is 1. The van der Waals surface area contributed by atoms with Gasteiger partial charge >= 0.3 is 0 Å². The van der Waals surface area contributed by atoms with Crippen LogP contribution in [0.25, 0.3) is 0 Å². The fourth-order valence-corrected chi connectivity index (χ4v) is 6.37. The van der Waals surface area contributed by atoms with Crippen LogP contribution < -0.4 is 5.01 Å². The zero-order chi connectivity index (χ0) is 17.6. The van der Waals surface area contributed by atoms with Crippen molar-refractivity contribution in [2.45, 2.75) is 63.1 Å². The summed E-state index contributed by atoms with van der Waals surface area (Å²) < 4.78 is 0. The Kier molecular flexibility index (Phi) is 2.91. The van der Waals surface area contributed by atoms with Crippen molar-refractivity contribution in [1.82, 2.24) is 5.01 Å². The van der Waals surface area contributed by atoms with Crippen LogP contribution in [0, 0.1) is 17.8 Å². The Labute approximate surface area is 148 Å². The molecule has 4 aliphatic carbocycles. The molecule has 5 fully saturated rings. The van der Waals surface area contributed by atoms with Crippen LogP contribution in [0.15, 0.2) is 24.3 Å². The molecule has 2 atom stereocenters. The lowest BCUT2D eigenvalue weighted by Crippen LogP contribution is -2.80. The lowest BCUT2D eigenvalue weighted by Gasteiger charge is -2.66. The molecule has 2 N–H and O–H groups in total. The van der Waals surface area contributed by atoms with Gasteiger partial charge < -0.3 is 10.2 Å². The second-order valence-corrected chi connectivity index (χ2v) is 9.19. The molecule has 1 aromatic carbocycles. The molecule has 2 unspecified atom stereocenters. The monoisotopic (exact) mass is 342 g/mol. The van der Waals surface area contributed by atoms with Crippen LogP contribution in [0.5, 0.6) is 5.75 Å². The first kappa shape index (κ1) is 15.5. The van der Waals surface area contributed by atoms with Crippen LogP contribution in [-0.2, 0) is 4.79 Å². The molecule has 1 saturated heterocycles. The molecule has 25 heavy (non-hydrogen) atoms. The molecule has 0 radical (unpaired) electrons. The second kappa shape index (κ2) is 4.70. The molecule has 4 bridgehead atoms. The van der Waals surface area contributed by atoms with Gasteiger partial charge in [0, 0.05) is 0 Å². The highest BCUT2D eigenvalue weighted by atomic mass is 16.3. The number of phenolic OH excluding ortho intramolecular Hbond substituents is 1. The maximum atomic E-state index is 13.0. The summed E-state index contributed by atoms with van der Waals surface area (Å²) in [5.41, 5.74) is -0.458. The first-order valence-electron chi connectivity index (χ1n) is 9.44. The largest absolute Gasteiger partial charge is 0.506 e. The molecule has 1 heterocycles. The van der Waals surface area contributed by atoms with Gasteiger partial charge in [-0.05, 0) is 75.8 Å². The van der Waals surface area contributed by atoms with Gasteiger partial charge in [-0.1, -0.05) is 12.1 Å². The highest BCUT2D eigenvalue weighted by molar-refractivity contribution is 5.98. The average molecular weight is 342 g/mol. The van der Waals surface area contributed by atoms with Gasteiger partial charge in [-0.15, -0.1) is 0 Å². The van der Waals surface area contributed by atoms with E-state index in [2.05, 4.69) is 0 Å². The molecule has 1 aromatic rings. The molecular formula is C20H26N2O3. The molecule has 6 rings (SSSR count). The Balaban J connectivity index is 1.53. The summed E-state index contributed by atoms with van der Waals surface area (Å²) in [6.07, 6.45) is 4.78. The first-order valence-corrected chi connectivity index (χ1v) is 9.44. The standard InChI is InChI=1S/C20H26N2O3/c1-19(2)18(24)21(22(19)15-5-3-4-6-16(15)23)17-13-7-12-8-14(17)11-20(25,9-12)10-13/h3-6,12-14,17,23,25H,7-11H2,1-2H3/t12?,13?,14?,17-,20+. The van der Waals surface area contributed by atoms with Gasteiger partial charge in [-0.2, -0.15) is 0 Å². The van der Waals surface area contributed by atoms with E-state index in [1.54, 1.807) is 12.1 Å². The third-order valence-electron chi connectivity index (χ3n) is 7.06. The number of benzene rings is 1. The lowest BCUT2D eigenvalue weighted by molar-refractivity contribution is -0.190. The first-order chi connectivity index (χ1) is 11.8. The summed E-state index contributed by atoms with van der Waals surface area (Å²) in [6.45, 7) is 3.84. The van der Waals surface area contributed by atoms with E-state index in [0.717, 1.165) is 32.1 Å². The molecule has 1 aliphatic heterocycles. The van der Waals surface area contributed by atoms with Gasteiger partial charge in [0.25, 0.3) is 5.91 Å². The minimum absolute atomic E-state index is 0.125. The average Bonchev–Trinajstić information content (AvgIpc) is 2.53. The number of para-hydroxylation sites is 2. The van der Waals surface area contributed by atoms with E-state index in [-0.39, 0.29) is 17.7 Å². The van der Waals surface area contributed by atoms with Crippen molar-refractivity contribution < 1.29 is 15.0 Å². The molecule has 4 saturated carbocycles. The zero-order valence-corrected chi connectivity index (χ0v) is 14.9. The number of nitrogens with zero attached hydrogens (tertiary/aromatic N) is 2. The van der Waals surface area contributed by atoms with Crippen LogP contribution in [0.4, 0.5) is 5.69 Å². The molecule has 134 valence electrons. The Morgan fingerprint density at radius 2 is 1.72 bits per heavy atom. The molecule has 1 amide bonds. The predicted molar refractivity (Wildman–Crippen MR) is 93.8 cm³/mol. The minimum Gasteiger partial charge on any atom is -0.506 e. The van der Waals surface area contributed by atoms with Gasteiger partial charge in [-0.3, -0.25) is 9.80 Å². The third kappa shape index (κ3) is 1.96. The number of hydrazine groups is 1. The fourth-order valence-electron chi connectivity index (χ4n) is 6.37. The Hall–Kier alpha value is -1.75. The summed E-state index contributed by atoms with van der Waals surface area (Å²) in [7, 11) is 0. The molecule has 0 aromatic heterocycles. The fraction of sp³-hybridized carbons (Fsp3) is 0.650. The normalized spacial score (nSPS) is 41.2. The number of aliphatic hydroxyl groups is 1. The van der Waals surface area contributed by atoms with E-state index < -0.39 is 11.1 Å². The van der Waals surface area contributed by atoms with E-state index in [1.165, 1.54) is 0 Å². The van der Waals surface area contributed by atoms with Crippen molar-refractivity contribution in [3.63, 3.8) is 0 Å². The van der Waals surface area contributed by atoms with Gasteiger partial charge in [0.15, 0.2) is 0 Å². The Morgan fingerprint density at radius 1 is 1.08 bits per heavy atom. The summed E-state index contributed by atoms with van der Waals surface area (Å²) in [6, 6.07) is 7.39. The Bertz CT molecular complexity index is 730. The van der Waals surface area contributed by atoms with Gasteiger partial charge in [-0.25, -0.2) is 5.01 Å². The van der Waals surface area contributed by atoms with E-state index in [9.17, 15) is 15.0 Å². The van der Waals surface area contributed by atoms with Crippen molar-refractivity contribution in [1.29, 1.82) is 0 Å². The number of aromatic hydroxyl groups is 1. The van der Waals surface area contributed by atoms with Crippen molar-refractivity contribution in [2.75, 3.05) is 5.01 Å². The van der Waals surface area contributed by atoms with Gasteiger partial charge in [0.2, 0.25) is 0 Å². The van der Waals surface area contributed by atoms with Crippen LogP contribution in [0.2, 0.25) is 0 Å². The van der Waals surface area contributed by atoms with Crippen LogP contribution in [-0.4, -0.2) is 38.3 Å². The van der Waals surface area contributed by atoms with Crippen LogP contribution in [0.3, 0.4) is 0 Å². The van der Waals surface area contributed by atoms with Gasteiger partial charge in [0.05, 0.1) is 11.6 Å². The summed E-state index contributed by atoms with van der Waals surface area (Å²) in [5, 5.41) is 25.1. The zero-order valence-electron chi connectivity index (χ0n) is 14.9. The summed E-state index contributed by atoms with van der Waals surface area (Å²) in [4.78, 5) is 13.0. The maximum absolute atomic E-state index is 13.0. The number of hydrogen-bond donors (Lipinski definition) is 2. The molecule has 0 spiro atoms. The molecule has 5 nitrogen and oxygen atoms in total. The van der Waals surface area contributed by atoms with Crippen molar-refractivity contribution in [3.8, 4) is 5.75 Å². The lowest BCUT2D eigenvalue weighted by atomic mass is 9.52. The number of phenols is 1. The van der Waals surface area contributed by atoms with Crippen molar-refractivity contribution >= 4 is 11.6 Å². The maximum Gasteiger partial charge on any atom is 0.268 e. The highest BCUT2D eigenvalue weighted by Crippen LogP contribution is 2.59. The van der Waals surface area contributed by atoms with Crippen molar-refractivity contribution in [3.05, 3.63) is 24.3 Å². The molecule has 5 aliphatic rings. The third-order valence-corrected chi connectivity index (χ3v) is 7.06. The minimum atomic E-state index is -0.648. The summed E-state index contributed by atoms with van der Waals surface area (Å²) >= 11 is 0. The molecule has 5 heteroatoms. The highest BCUT2D eigenvalue weighted by Gasteiger charge is 2.63.